The molecule has 2 heterocycles. The summed E-state index contributed by atoms with van der Waals surface area (Å²) in [7, 11) is 0. The van der Waals surface area contributed by atoms with Crippen molar-refractivity contribution in [3.8, 4) is 0 Å². The Morgan fingerprint density at radius 2 is 1.60 bits per heavy atom. The van der Waals surface area contributed by atoms with Crippen LogP contribution in [0.3, 0.4) is 0 Å². The van der Waals surface area contributed by atoms with E-state index in [4.69, 9.17) is 0 Å². The molecule has 0 spiro atoms. The van der Waals surface area contributed by atoms with Crippen LogP contribution in [0.2, 0.25) is 0 Å². The van der Waals surface area contributed by atoms with Crippen LogP contribution in [0.15, 0.2) is 24.3 Å². The number of likely N-dealkylation sites (tertiary alicyclic amines) is 2. The van der Waals surface area contributed by atoms with Crippen molar-refractivity contribution >= 4 is 11.8 Å². The maximum absolute atomic E-state index is 13.2. The number of hydrogen-bond acceptors (Lipinski definition) is 2. The number of amides is 2. The molecule has 1 aliphatic carbocycles. The summed E-state index contributed by atoms with van der Waals surface area (Å²) in [5, 5.41) is 0. The molecule has 1 aromatic rings. The van der Waals surface area contributed by atoms with Gasteiger partial charge in [-0.25, -0.2) is 0 Å². The van der Waals surface area contributed by atoms with Gasteiger partial charge in [-0.3, -0.25) is 9.59 Å². The summed E-state index contributed by atoms with van der Waals surface area (Å²) < 4.78 is 0. The molecular formula is C21H28N2O2. The maximum atomic E-state index is 13.2. The lowest BCUT2D eigenvalue weighted by Gasteiger charge is -2.31. The number of carbonyl (C=O) groups excluding carboxylic acids is 2. The summed E-state index contributed by atoms with van der Waals surface area (Å²) in [4.78, 5) is 29.7. The minimum absolute atomic E-state index is 0.195. The number of nitrogens with zero attached hydrogens (tertiary/aromatic N) is 2. The van der Waals surface area contributed by atoms with Crippen molar-refractivity contribution in [1.82, 2.24) is 9.80 Å². The molecule has 0 radical (unpaired) electrons. The second-order valence-corrected chi connectivity index (χ2v) is 7.98. The number of benzene rings is 1. The Morgan fingerprint density at radius 3 is 2.32 bits per heavy atom. The van der Waals surface area contributed by atoms with Crippen molar-refractivity contribution in [1.29, 1.82) is 0 Å². The van der Waals surface area contributed by atoms with E-state index in [1.807, 2.05) is 4.90 Å². The van der Waals surface area contributed by atoms with Gasteiger partial charge in [0.15, 0.2) is 0 Å². The third-order valence-electron chi connectivity index (χ3n) is 6.00. The summed E-state index contributed by atoms with van der Waals surface area (Å²) in [5.74, 6) is 0.626. The second kappa shape index (κ2) is 6.81. The molecule has 3 aliphatic rings. The molecule has 1 saturated carbocycles. The zero-order valence-corrected chi connectivity index (χ0v) is 15.1. The predicted molar refractivity (Wildman–Crippen MR) is 97.1 cm³/mol. The third kappa shape index (κ3) is 3.44. The van der Waals surface area contributed by atoms with E-state index >= 15 is 0 Å². The van der Waals surface area contributed by atoms with E-state index in [0.717, 1.165) is 58.0 Å². The second-order valence-electron chi connectivity index (χ2n) is 7.98. The van der Waals surface area contributed by atoms with Gasteiger partial charge in [0.25, 0.3) is 0 Å². The van der Waals surface area contributed by atoms with Crippen LogP contribution in [-0.2, 0) is 16.0 Å². The van der Waals surface area contributed by atoms with Crippen LogP contribution in [0.25, 0.3) is 0 Å². The molecule has 3 fully saturated rings. The Kier molecular flexibility index (Phi) is 4.53. The first-order valence-corrected chi connectivity index (χ1v) is 9.80. The zero-order chi connectivity index (χ0) is 17.4. The highest BCUT2D eigenvalue weighted by molar-refractivity contribution is 5.90. The van der Waals surface area contributed by atoms with E-state index in [1.165, 1.54) is 11.1 Å². The van der Waals surface area contributed by atoms with Gasteiger partial charge in [-0.05, 0) is 57.4 Å². The fourth-order valence-electron chi connectivity index (χ4n) is 4.38. The predicted octanol–water partition coefficient (Wildman–Crippen LogP) is 2.93. The highest BCUT2D eigenvalue weighted by Crippen LogP contribution is 2.34. The minimum Gasteiger partial charge on any atom is -0.338 e. The van der Waals surface area contributed by atoms with Crippen molar-refractivity contribution in [2.75, 3.05) is 13.1 Å². The van der Waals surface area contributed by atoms with Crippen LogP contribution in [0.1, 0.15) is 49.7 Å². The highest BCUT2D eigenvalue weighted by Gasteiger charge is 2.43. The molecule has 4 rings (SSSR count). The third-order valence-corrected chi connectivity index (χ3v) is 6.00. The van der Waals surface area contributed by atoms with Crippen molar-refractivity contribution in [2.24, 2.45) is 5.92 Å². The Labute approximate surface area is 150 Å². The fraction of sp³-hybridized carbons (Fsp3) is 0.619. The van der Waals surface area contributed by atoms with Gasteiger partial charge in [-0.15, -0.1) is 0 Å². The van der Waals surface area contributed by atoms with Gasteiger partial charge in [0.1, 0.15) is 6.04 Å². The molecule has 2 aliphatic heterocycles. The van der Waals surface area contributed by atoms with E-state index in [2.05, 4.69) is 36.1 Å². The van der Waals surface area contributed by atoms with Crippen molar-refractivity contribution in [2.45, 2.75) is 64.0 Å². The number of rotatable bonds is 4. The van der Waals surface area contributed by atoms with Crippen LogP contribution in [0, 0.1) is 12.8 Å². The fourth-order valence-corrected chi connectivity index (χ4v) is 4.38. The standard InChI is InChI=1S/C21H28N2O2/c1-15-6-8-16(9-7-15)14-18-4-2-12-22(18)21(25)19-5-3-13-23(19)20(24)17-10-11-17/h6-9,17-19H,2-5,10-14H2,1H3/t18-,19-/m1/s1. The van der Waals surface area contributed by atoms with Crippen LogP contribution < -0.4 is 0 Å². The lowest BCUT2D eigenvalue weighted by atomic mass is 10.0. The smallest absolute Gasteiger partial charge is 0.245 e. The Hall–Kier alpha value is -1.84. The first kappa shape index (κ1) is 16.6. The molecule has 0 unspecified atom stereocenters. The number of carbonyl (C=O) groups is 2. The van der Waals surface area contributed by atoms with Gasteiger partial charge in [0.2, 0.25) is 11.8 Å². The minimum atomic E-state index is -0.202. The van der Waals surface area contributed by atoms with Crippen LogP contribution in [-0.4, -0.2) is 46.8 Å². The van der Waals surface area contributed by atoms with E-state index in [9.17, 15) is 9.59 Å². The molecule has 134 valence electrons. The van der Waals surface area contributed by atoms with E-state index < -0.39 is 0 Å². The number of hydrogen-bond donors (Lipinski definition) is 0. The van der Waals surface area contributed by atoms with Gasteiger partial charge >= 0.3 is 0 Å². The SMILES string of the molecule is Cc1ccc(C[C@H]2CCCN2C(=O)[C@H]2CCCN2C(=O)C2CC2)cc1. The molecule has 0 N–H and O–H groups in total. The van der Waals surface area contributed by atoms with Crippen LogP contribution in [0.5, 0.6) is 0 Å². The zero-order valence-electron chi connectivity index (χ0n) is 15.1. The molecular weight excluding hydrogens is 312 g/mol. The molecule has 2 saturated heterocycles. The molecule has 0 bridgehead atoms. The molecule has 0 aromatic heterocycles. The van der Waals surface area contributed by atoms with Gasteiger partial charge in [-0.2, -0.15) is 0 Å². The monoisotopic (exact) mass is 340 g/mol. The molecule has 4 heteroatoms. The molecule has 4 nitrogen and oxygen atoms in total. The first-order valence-electron chi connectivity index (χ1n) is 9.80. The van der Waals surface area contributed by atoms with Crippen molar-refractivity contribution in [3.63, 3.8) is 0 Å². The topological polar surface area (TPSA) is 40.6 Å². The average molecular weight is 340 g/mol. The van der Waals surface area contributed by atoms with E-state index in [1.54, 1.807) is 0 Å². The molecule has 2 atom stereocenters. The van der Waals surface area contributed by atoms with Crippen molar-refractivity contribution in [3.05, 3.63) is 35.4 Å². The van der Waals surface area contributed by atoms with Gasteiger partial charge in [0.05, 0.1) is 0 Å². The van der Waals surface area contributed by atoms with Gasteiger partial charge < -0.3 is 9.80 Å². The summed E-state index contributed by atoms with van der Waals surface area (Å²) in [6.45, 7) is 3.71. The highest BCUT2D eigenvalue weighted by atomic mass is 16.2. The lowest BCUT2D eigenvalue weighted by molar-refractivity contribution is -0.145. The van der Waals surface area contributed by atoms with Gasteiger partial charge in [-0.1, -0.05) is 29.8 Å². The normalized spacial score (nSPS) is 26.3. The van der Waals surface area contributed by atoms with Crippen LogP contribution >= 0.6 is 0 Å². The summed E-state index contributed by atoms with van der Waals surface area (Å²) in [6.07, 6.45) is 6.90. The quantitative estimate of drug-likeness (QED) is 0.845. The summed E-state index contributed by atoms with van der Waals surface area (Å²) in [5.41, 5.74) is 2.57. The average Bonchev–Trinajstić information content (AvgIpc) is 3.17. The summed E-state index contributed by atoms with van der Waals surface area (Å²) in [6, 6.07) is 8.72. The maximum Gasteiger partial charge on any atom is 0.245 e. The van der Waals surface area contributed by atoms with E-state index in [0.29, 0.717) is 0 Å². The van der Waals surface area contributed by atoms with Gasteiger partial charge in [0, 0.05) is 25.0 Å². The Morgan fingerprint density at radius 1 is 0.920 bits per heavy atom. The number of aryl methyl sites for hydroxylation is 1. The molecule has 1 aromatic carbocycles. The Balaban J connectivity index is 1.44. The molecule has 25 heavy (non-hydrogen) atoms. The first-order chi connectivity index (χ1) is 12.1. The lowest BCUT2D eigenvalue weighted by Crippen LogP contribution is -2.50. The summed E-state index contributed by atoms with van der Waals surface area (Å²) >= 11 is 0. The Bertz CT molecular complexity index is 650. The van der Waals surface area contributed by atoms with E-state index in [-0.39, 0.29) is 29.8 Å². The van der Waals surface area contributed by atoms with Crippen molar-refractivity contribution < 1.29 is 9.59 Å². The largest absolute Gasteiger partial charge is 0.338 e. The van der Waals surface area contributed by atoms with Crippen LogP contribution in [0.4, 0.5) is 0 Å². The molecule has 2 amide bonds.